The van der Waals surface area contributed by atoms with Gasteiger partial charge < -0.3 is 15.1 Å². The number of hydrogen-bond acceptors (Lipinski definition) is 4. The Labute approximate surface area is 166 Å². The van der Waals surface area contributed by atoms with E-state index in [-0.39, 0.29) is 12.1 Å². The summed E-state index contributed by atoms with van der Waals surface area (Å²) in [6.07, 6.45) is 0. The smallest absolute Gasteiger partial charge is 0.317 e. The third kappa shape index (κ3) is 5.02. The molecule has 3 rings (SSSR count). The van der Waals surface area contributed by atoms with Crippen LogP contribution in [0.3, 0.4) is 0 Å². The van der Waals surface area contributed by atoms with Gasteiger partial charge in [0, 0.05) is 38.4 Å². The van der Waals surface area contributed by atoms with Gasteiger partial charge in [0.05, 0.1) is 6.04 Å². The number of carbonyl (C=O) groups is 1. The third-order valence-electron chi connectivity index (χ3n) is 5.32. The molecule has 6 heteroatoms. The minimum Gasteiger partial charge on any atom is -0.368 e. The van der Waals surface area contributed by atoms with E-state index in [1.54, 1.807) is 11.3 Å². The van der Waals surface area contributed by atoms with Gasteiger partial charge in [0.15, 0.2) is 0 Å². The number of piperazine rings is 1. The van der Waals surface area contributed by atoms with Gasteiger partial charge in [-0.1, -0.05) is 32.0 Å². The van der Waals surface area contributed by atoms with Crippen molar-refractivity contribution in [3.8, 4) is 0 Å². The van der Waals surface area contributed by atoms with Crippen molar-refractivity contribution in [2.45, 2.75) is 19.9 Å². The van der Waals surface area contributed by atoms with E-state index in [2.05, 4.69) is 70.1 Å². The second kappa shape index (κ2) is 9.76. The highest BCUT2D eigenvalue weighted by molar-refractivity contribution is 7.07. The fraction of sp³-hybridized carbons (Fsp3) is 0.476. The maximum absolute atomic E-state index is 12.7. The number of amides is 2. The first-order valence-corrected chi connectivity index (χ1v) is 10.8. The van der Waals surface area contributed by atoms with E-state index in [1.807, 2.05) is 11.0 Å². The van der Waals surface area contributed by atoms with E-state index >= 15 is 0 Å². The molecule has 1 atom stereocenters. The van der Waals surface area contributed by atoms with Crippen molar-refractivity contribution < 1.29 is 4.79 Å². The molecule has 1 aromatic heterocycles. The van der Waals surface area contributed by atoms with E-state index in [0.29, 0.717) is 6.54 Å². The average Bonchev–Trinajstić information content (AvgIpc) is 3.26. The van der Waals surface area contributed by atoms with Crippen LogP contribution in [0.1, 0.15) is 25.5 Å². The lowest BCUT2D eigenvalue weighted by molar-refractivity contribution is 0.180. The lowest BCUT2D eigenvalue weighted by atomic mass is 10.1. The first kappa shape index (κ1) is 19.7. The molecule has 1 N–H and O–H groups in total. The molecule has 1 aromatic carbocycles. The Morgan fingerprint density at radius 2 is 1.81 bits per heavy atom. The molecular formula is C21H30N4OS. The van der Waals surface area contributed by atoms with Crippen molar-refractivity contribution in [3.63, 3.8) is 0 Å². The number of hydrogen-bond donors (Lipinski definition) is 1. The largest absolute Gasteiger partial charge is 0.368 e. The van der Waals surface area contributed by atoms with Crippen LogP contribution in [0.2, 0.25) is 0 Å². The summed E-state index contributed by atoms with van der Waals surface area (Å²) < 4.78 is 0. The zero-order valence-electron chi connectivity index (χ0n) is 16.3. The lowest BCUT2D eigenvalue weighted by Crippen LogP contribution is -2.52. The summed E-state index contributed by atoms with van der Waals surface area (Å²) in [5.74, 6) is 0. The minimum absolute atomic E-state index is 0.0510. The normalized spacial score (nSPS) is 15.8. The van der Waals surface area contributed by atoms with E-state index in [9.17, 15) is 4.79 Å². The molecule has 146 valence electrons. The molecule has 0 bridgehead atoms. The summed E-state index contributed by atoms with van der Waals surface area (Å²) in [7, 11) is 0. The van der Waals surface area contributed by atoms with Gasteiger partial charge in [0.2, 0.25) is 0 Å². The van der Waals surface area contributed by atoms with Crippen molar-refractivity contribution in [2.24, 2.45) is 0 Å². The Hall–Kier alpha value is -2.05. The number of nitrogens with one attached hydrogen (secondary N) is 1. The first-order valence-electron chi connectivity index (χ1n) is 9.81. The van der Waals surface area contributed by atoms with Crippen LogP contribution >= 0.6 is 11.3 Å². The van der Waals surface area contributed by atoms with Crippen LogP contribution in [-0.4, -0.2) is 61.6 Å². The molecule has 2 aromatic rings. The summed E-state index contributed by atoms with van der Waals surface area (Å²) in [6.45, 7) is 10.2. The van der Waals surface area contributed by atoms with Gasteiger partial charge in [-0.2, -0.15) is 11.3 Å². The summed E-state index contributed by atoms with van der Waals surface area (Å²) in [5, 5.41) is 7.47. The van der Waals surface area contributed by atoms with Crippen LogP contribution < -0.4 is 10.2 Å². The van der Waals surface area contributed by atoms with Crippen LogP contribution in [0, 0.1) is 0 Å². The van der Waals surface area contributed by atoms with Crippen LogP contribution in [0.5, 0.6) is 0 Å². The molecule has 1 unspecified atom stereocenters. The van der Waals surface area contributed by atoms with Gasteiger partial charge in [0.1, 0.15) is 0 Å². The molecule has 0 spiro atoms. The highest BCUT2D eigenvalue weighted by Crippen LogP contribution is 2.22. The topological polar surface area (TPSA) is 38.8 Å². The molecule has 0 radical (unpaired) electrons. The zero-order chi connectivity index (χ0) is 19.1. The fourth-order valence-corrected chi connectivity index (χ4v) is 4.40. The van der Waals surface area contributed by atoms with E-state index in [4.69, 9.17) is 0 Å². The number of anilines is 1. The highest BCUT2D eigenvalue weighted by atomic mass is 32.1. The van der Waals surface area contributed by atoms with E-state index in [0.717, 1.165) is 39.3 Å². The Bertz CT molecular complexity index is 679. The van der Waals surface area contributed by atoms with E-state index in [1.165, 1.54) is 11.3 Å². The zero-order valence-corrected chi connectivity index (χ0v) is 17.1. The predicted molar refractivity (Wildman–Crippen MR) is 114 cm³/mol. The number of likely N-dealkylation sites (N-methyl/N-ethyl adjacent to an activating group) is 1. The predicted octanol–water partition coefficient (Wildman–Crippen LogP) is 3.66. The summed E-state index contributed by atoms with van der Waals surface area (Å²) in [5.41, 5.74) is 2.52. The standard InChI is InChI=1S/C21H30N4OS/c1-3-23(4-2)20(18-10-15-27-17-18)16-22-21(26)25-13-11-24(12-14-25)19-8-6-5-7-9-19/h5-10,15,17,20H,3-4,11-14,16H2,1-2H3,(H,22,26). The molecule has 2 amide bonds. The van der Waals surface area contributed by atoms with Gasteiger partial charge in [-0.15, -0.1) is 0 Å². The van der Waals surface area contributed by atoms with Gasteiger partial charge in [-0.3, -0.25) is 4.90 Å². The molecule has 1 saturated heterocycles. The van der Waals surface area contributed by atoms with Gasteiger partial charge in [-0.05, 0) is 47.6 Å². The Kier molecular flexibility index (Phi) is 7.12. The Balaban J connectivity index is 1.52. The first-order chi connectivity index (χ1) is 13.2. The van der Waals surface area contributed by atoms with Gasteiger partial charge in [-0.25, -0.2) is 4.79 Å². The van der Waals surface area contributed by atoms with Crippen LogP contribution in [0.15, 0.2) is 47.2 Å². The number of carbonyl (C=O) groups excluding carboxylic acids is 1. The number of nitrogens with zero attached hydrogens (tertiary/aromatic N) is 3. The quantitative estimate of drug-likeness (QED) is 0.789. The fourth-order valence-electron chi connectivity index (χ4n) is 3.69. The molecule has 27 heavy (non-hydrogen) atoms. The van der Waals surface area contributed by atoms with E-state index < -0.39 is 0 Å². The molecule has 0 aliphatic carbocycles. The number of para-hydroxylation sites is 1. The summed E-state index contributed by atoms with van der Waals surface area (Å²) in [6, 6.07) is 12.9. The summed E-state index contributed by atoms with van der Waals surface area (Å²) in [4.78, 5) is 19.4. The molecule has 1 aliphatic rings. The third-order valence-corrected chi connectivity index (χ3v) is 6.02. The average molecular weight is 387 g/mol. The number of thiophene rings is 1. The second-order valence-corrected chi connectivity index (χ2v) is 7.57. The SMILES string of the molecule is CCN(CC)C(CNC(=O)N1CCN(c2ccccc2)CC1)c1ccsc1. The number of rotatable bonds is 7. The maximum atomic E-state index is 12.7. The minimum atomic E-state index is 0.0510. The molecule has 1 aliphatic heterocycles. The molecule has 0 saturated carbocycles. The number of urea groups is 1. The van der Waals surface area contributed by atoms with Crippen molar-refractivity contribution >= 4 is 23.1 Å². The van der Waals surface area contributed by atoms with Gasteiger partial charge in [0.25, 0.3) is 0 Å². The van der Waals surface area contributed by atoms with Crippen LogP contribution in [0.4, 0.5) is 10.5 Å². The Morgan fingerprint density at radius 3 is 2.41 bits per heavy atom. The monoisotopic (exact) mass is 386 g/mol. The lowest BCUT2D eigenvalue weighted by Gasteiger charge is -2.36. The Morgan fingerprint density at radius 1 is 1.11 bits per heavy atom. The van der Waals surface area contributed by atoms with Crippen molar-refractivity contribution in [1.82, 2.24) is 15.1 Å². The molecule has 1 fully saturated rings. The van der Waals surface area contributed by atoms with Crippen molar-refractivity contribution in [3.05, 3.63) is 52.7 Å². The molecule has 2 heterocycles. The van der Waals surface area contributed by atoms with Crippen molar-refractivity contribution in [1.29, 1.82) is 0 Å². The van der Waals surface area contributed by atoms with Gasteiger partial charge >= 0.3 is 6.03 Å². The summed E-state index contributed by atoms with van der Waals surface area (Å²) >= 11 is 1.71. The second-order valence-electron chi connectivity index (χ2n) is 6.79. The maximum Gasteiger partial charge on any atom is 0.317 e. The molecular weight excluding hydrogens is 356 g/mol. The van der Waals surface area contributed by atoms with Crippen molar-refractivity contribution in [2.75, 3.05) is 50.7 Å². The number of benzene rings is 1. The highest BCUT2D eigenvalue weighted by Gasteiger charge is 2.24. The molecule has 5 nitrogen and oxygen atoms in total. The van der Waals surface area contributed by atoms with Crippen LogP contribution in [0.25, 0.3) is 0 Å². The van der Waals surface area contributed by atoms with Crippen LogP contribution in [-0.2, 0) is 0 Å².